The second-order valence-corrected chi connectivity index (χ2v) is 8.62. The highest BCUT2D eigenvalue weighted by molar-refractivity contribution is 5.77. The van der Waals surface area contributed by atoms with E-state index < -0.39 is 0 Å². The molecule has 1 fully saturated rings. The van der Waals surface area contributed by atoms with E-state index in [9.17, 15) is 4.79 Å². The third-order valence-electron chi connectivity index (χ3n) is 6.10. The van der Waals surface area contributed by atoms with Crippen molar-refractivity contribution >= 4 is 5.91 Å². The number of aryl methyl sites for hydroxylation is 1. The number of ether oxygens (including phenoxy) is 3. The SMILES string of the molecule is COc1ccc(C)cc1C[NH+](C)CC(=O)N1CC[NH+](Cc2ccc3c(c2)OCO3)CC1. The molecule has 0 aliphatic carbocycles. The number of fused-ring (bicyclic) bond motifs is 1. The van der Waals surface area contributed by atoms with Crippen LogP contribution < -0.4 is 24.0 Å². The number of rotatable bonds is 7. The van der Waals surface area contributed by atoms with Crippen LogP contribution in [0.1, 0.15) is 16.7 Å². The van der Waals surface area contributed by atoms with Gasteiger partial charge in [-0.15, -0.1) is 0 Å². The zero-order chi connectivity index (χ0) is 21.8. The fourth-order valence-corrected chi connectivity index (χ4v) is 4.39. The second-order valence-electron chi connectivity index (χ2n) is 8.62. The smallest absolute Gasteiger partial charge is 0.278 e. The first-order valence-electron chi connectivity index (χ1n) is 11.0. The first-order valence-corrected chi connectivity index (χ1v) is 11.0. The van der Waals surface area contributed by atoms with Gasteiger partial charge < -0.3 is 28.9 Å². The maximum atomic E-state index is 12.8. The number of benzene rings is 2. The number of hydrogen-bond acceptors (Lipinski definition) is 4. The van der Waals surface area contributed by atoms with Crippen LogP contribution in [0.3, 0.4) is 0 Å². The van der Waals surface area contributed by atoms with Crippen LogP contribution in [0.5, 0.6) is 17.2 Å². The summed E-state index contributed by atoms with van der Waals surface area (Å²) in [6, 6.07) is 12.4. The maximum absolute atomic E-state index is 12.8. The average molecular weight is 428 g/mol. The van der Waals surface area contributed by atoms with Gasteiger partial charge in [-0.25, -0.2) is 0 Å². The second kappa shape index (κ2) is 9.58. The summed E-state index contributed by atoms with van der Waals surface area (Å²) in [4.78, 5) is 17.5. The molecule has 2 heterocycles. The Morgan fingerprint density at radius 3 is 2.68 bits per heavy atom. The molecule has 0 radical (unpaired) electrons. The summed E-state index contributed by atoms with van der Waals surface area (Å²) in [7, 11) is 3.76. The first kappa shape index (κ1) is 21.5. The Morgan fingerprint density at radius 1 is 1.13 bits per heavy atom. The number of quaternary nitrogens is 2. The third kappa shape index (κ3) is 5.29. The van der Waals surface area contributed by atoms with Gasteiger partial charge >= 0.3 is 0 Å². The molecule has 0 saturated carbocycles. The normalized spacial score (nSPS) is 16.9. The molecule has 7 heteroatoms. The minimum absolute atomic E-state index is 0.228. The van der Waals surface area contributed by atoms with Crippen molar-refractivity contribution in [3.05, 3.63) is 53.1 Å². The Balaban J connectivity index is 1.25. The van der Waals surface area contributed by atoms with Gasteiger partial charge in [0.05, 0.1) is 40.3 Å². The quantitative estimate of drug-likeness (QED) is 0.636. The van der Waals surface area contributed by atoms with Crippen LogP contribution in [0.15, 0.2) is 36.4 Å². The number of likely N-dealkylation sites (N-methyl/N-ethyl adjacent to an activating group) is 1. The number of carbonyl (C=O) groups is 1. The number of nitrogens with one attached hydrogen (secondary N) is 2. The highest BCUT2D eigenvalue weighted by Crippen LogP contribution is 2.32. The van der Waals surface area contributed by atoms with Crippen molar-refractivity contribution in [1.29, 1.82) is 0 Å². The van der Waals surface area contributed by atoms with Crippen molar-refractivity contribution in [2.75, 3.05) is 53.7 Å². The predicted molar refractivity (Wildman–Crippen MR) is 117 cm³/mol. The van der Waals surface area contributed by atoms with Crippen molar-refractivity contribution in [2.24, 2.45) is 0 Å². The minimum atomic E-state index is 0.228. The van der Waals surface area contributed by atoms with Crippen molar-refractivity contribution in [2.45, 2.75) is 20.0 Å². The van der Waals surface area contributed by atoms with E-state index in [0.29, 0.717) is 13.3 Å². The zero-order valence-corrected chi connectivity index (χ0v) is 18.7. The molecule has 2 aliphatic heterocycles. The molecular formula is C24H33N3O4+2. The van der Waals surface area contributed by atoms with E-state index in [1.807, 2.05) is 23.1 Å². The van der Waals surface area contributed by atoms with Crippen molar-refractivity contribution in [3.63, 3.8) is 0 Å². The monoisotopic (exact) mass is 427 g/mol. The van der Waals surface area contributed by atoms with Gasteiger partial charge in [-0.1, -0.05) is 11.6 Å². The summed E-state index contributed by atoms with van der Waals surface area (Å²) in [5.74, 6) is 2.77. The van der Waals surface area contributed by atoms with Crippen molar-refractivity contribution < 1.29 is 28.8 Å². The van der Waals surface area contributed by atoms with Crippen LogP contribution in [-0.2, 0) is 17.9 Å². The van der Waals surface area contributed by atoms with E-state index >= 15 is 0 Å². The maximum Gasteiger partial charge on any atom is 0.278 e. The number of nitrogens with zero attached hydrogens (tertiary/aromatic N) is 1. The first-order chi connectivity index (χ1) is 15.0. The summed E-state index contributed by atoms with van der Waals surface area (Å²) in [5.41, 5.74) is 3.59. The summed E-state index contributed by atoms with van der Waals surface area (Å²) < 4.78 is 16.4. The molecule has 2 aromatic carbocycles. The van der Waals surface area contributed by atoms with E-state index in [0.717, 1.165) is 62.1 Å². The number of piperazine rings is 1. The molecule has 4 rings (SSSR count). The van der Waals surface area contributed by atoms with Gasteiger partial charge in [-0.2, -0.15) is 0 Å². The molecule has 1 unspecified atom stereocenters. The molecular weight excluding hydrogens is 394 g/mol. The molecule has 166 valence electrons. The third-order valence-corrected chi connectivity index (χ3v) is 6.10. The Labute approximate surface area is 184 Å². The van der Waals surface area contributed by atoms with Gasteiger partial charge in [0.2, 0.25) is 6.79 Å². The Morgan fingerprint density at radius 2 is 1.90 bits per heavy atom. The molecule has 31 heavy (non-hydrogen) atoms. The van der Waals surface area contributed by atoms with Gasteiger partial charge in [0.25, 0.3) is 5.91 Å². The van der Waals surface area contributed by atoms with Crippen molar-refractivity contribution in [1.82, 2.24) is 4.90 Å². The lowest BCUT2D eigenvalue weighted by Crippen LogP contribution is -3.14. The van der Waals surface area contributed by atoms with Crippen molar-refractivity contribution in [3.8, 4) is 17.2 Å². The number of methoxy groups -OCH3 is 1. The number of hydrogen-bond donors (Lipinski definition) is 2. The van der Waals surface area contributed by atoms with Crippen LogP contribution in [0.25, 0.3) is 0 Å². The molecule has 7 nitrogen and oxygen atoms in total. The van der Waals surface area contributed by atoms with Crippen LogP contribution in [0.4, 0.5) is 0 Å². The topological polar surface area (TPSA) is 56.9 Å². The van der Waals surface area contributed by atoms with E-state index in [1.54, 1.807) is 7.11 Å². The lowest BCUT2D eigenvalue weighted by Gasteiger charge is -2.32. The summed E-state index contributed by atoms with van der Waals surface area (Å²) >= 11 is 0. The average Bonchev–Trinajstić information content (AvgIpc) is 3.22. The standard InChI is InChI=1S/C24H31N3O4/c1-18-4-6-21(29-3)20(12-18)15-25(2)16-24(28)27-10-8-26(9-11-27)14-19-5-7-22-23(13-19)31-17-30-22/h4-7,12-13H,8-11,14-17H2,1-3H3/p+2. The molecule has 1 saturated heterocycles. The number of amides is 1. The van der Waals surface area contributed by atoms with Gasteiger partial charge in [-0.05, 0) is 37.3 Å². The molecule has 2 aromatic rings. The van der Waals surface area contributed by atoms with E-state index in [1.165, 1.54) is 20.9 Å². The van der Waals surface area contributed by atoms with Gasteiger partial charge in [-0.3, -0.25) is 4.79 Å². The molecule has 2 N–H and O–H groups in total. The molecule has 0 aromatic heterocycles. The molecule has 1 atom stereocenters. The molecule has 0 bridgehead atoms. The highest BCUT2D eigenvalue weighted by atomic mass is 16.7. The summed E-state index contributed by atoms with van der Waals surface area (Å²) in [6.07, 6.45) is 0. The highest BCUT2D eigenvalue weighted by Gasteiger charge is 2.26. The fraction of sp³-hybridized carbons (Fsp3) is 0.458. The Kier molecular flexibility index (Phi) is 6.63. The van der Waals surface area contributed by atoms with Crippen LogP contribution in [0, 0.1) is 6.92 Å². The summed E-state index contributed by atoms with van der Waals surface area (Å²) in [6.45, 7) is 8.13. The van der Waals surface area contributed by atoms with E-state index in [4.69, 9.17) is 14.2 Å². The zero-order valence-electron chi connectivity index (χ0n) is 18.7. The lowest BCUT2D eigenvalue weighted by molar-refractivity contribution is -0.918. The van der Waals surface area contributed by atoms with Gasteiger partial charge in [0.15, 0.2) is 18.0 Å². The molecule has 0 spiro atoms. The predicted octanol–water partition coefficient (Wildman–Crippen LogP) is -0.326. The lowest BCUT2D eigenvalue weighted by atomic mass is 10.1. The van der Waals surface area contributed by atoms with Gasteiger partial charge in [0, 0.05) is 11.1 Å². The molecule has 1 amide bonds. The van der Waals surface area contributed by atoms with Crippen LogP contribution in [0.2, 0.25) is 0 Å². The summed E-state index contributed by atoms with van der Waals surface area (Å²) in [5, 5.41) is 0. The van der Waals surface area contributed by atoms with Crippen LogP contribution >= 0.6 is 0 Å². The minimum Gasteiger partial charge on any atom is -0.496 e. The van der Waals surface area contributed by atoms with E-state index in [-0.39, 0.29) is 5.91 Å². The van der Waals surface area contributed by atoms with Gasteiger partial charge in [0.1, 0.15) is 18.8 Å². The fourth-order valence-electron chi connectivity index (χ4n) is 4.39. The largest absolute Gasteiger partial charge is 0.496 e. The van der Waals surface area contributed by atoms with Crippen LogP contribution in [-0.4, -0.2) is 64.5 Å². The Hall–Kier alpha value is -2.77. The molecule has 2 aliphatic rings. The number of carbonyl (C=O) groups excluding carboxylic acids is 1. The Bertz CT molecular complexity index is 925. The van der Waals surface area contributed by atoms with E-state index in [2.05, 4.69) is 32.2 Å².